The molecule has 0 amide bonds. The van der Waals surface area contributed by atoms with Crippen LogP contribution in [0.15, 0.2) is 18.3 Å². The van der Waals surface area contributed by atoms with Gasteiger partial charge in [0, 0.05) is 12.7 Å². The van der Waals surface area contributed by atoms with Crippen LogP contribution >= 0.6 is 0 Å². The van der Waals surface area contributed by atoms with Crippen LogP contribution in [0.1, 0.15) is 38.1 Å². The SMILES string of the molecule is CCOC(=O)c1ccc(NC(C)(CN)C(C)C)nc1. The van der Waals surface area contributed by atoms with E-state index in [1.165, 1.54) is 6.20 Å². The first-order chi connectivity index (χ1) is 8.92. The van der Waals surface area contributed by atoms with E-state index in [-0.39, 0.29) is 11.5 Å². The number of pyridine rings is 1. The zero-order valence-electron chi connectivity index (χ0n) is 12.1. The van der Waals surface area contributed by atoms with Gasteiger partial charge in [-0.2, -0.15) is 0 Å². The van der Waals surface area contributed by atoms with Gasteiger partial charge in [0.15, 0.2) is 0 Å². The Bertz CT molecular complexity index is 417. The average molecular weight is 265 g/mol. The minimum atomic E-state index is -0.355. The Balaban J connectivity index is 2.79. The van der Waals surface area contributed by atoms with Gasteiger partial charge in [0.05, 0.1) is 17.7 Å². The van der Waals surface area contributed by atoms with Crippen molar-refractivity contribution in [1.82, 2.24) is 4.98 Å². The molecule has 1 aromatic heterocycles. The molecule has 106 valence electrons. The fraction of sp³-hybridized carbons (Fsp3) is 0.571. The van der Waals surface area contributed by atoms with Crippen LogP contribution in [0.4, 0.5) is 5.82 Å². The number of carbonyl (C=O) groups excluding carboxylic acids is 1. The molecule has 0 aliphatic heterocycles. The molecule has 0 bridgehead atoms. The Kier molecular flexibility index (Phi) is 5.30. The third-order valence-electron chi connectivity index (χ3n) is 3.39. The summed E-state index contributed by atoms with van der Waals surface area (Å²) in [6, 6.07) is 3.47. The second-order valence-corrected chi connectivity index (χ2v) is 5.05. The van der Waals surface area contributed by atoms with E-state index in [9.17, 15) is 4.79 Å². The number of aromatic nitrogens is 1. The van der Waals surface area contributed by atoms with Gasteiger partial charge in [0.2, 0.25) is 0 Å². The van der Waals surface area contributed by atoms with Crippen molar-refractivity contribution in [3.8, 4) is 0 Å². The van der Waals surface area contributed by atoms with Gasteiger partial charge >= 0.3 is 5.97 Å². The molecule has 5 heteroatoms. The van der Waals surface area contributed by atoms with Crippen LogP contribution in [-0.2, 0) is 4.74 Å². The predicted octanol–water partition coefficient (Wildman–Crippen LogP) is 2.04. The lowest BCUT2D eigenvalue weighted by Gasteiger charge is -2.34. The van der Waals surface area contributed by atoms with Crippen LogP contribution in [-0.4, -0.2) is 29.6 Å². The van der Waals surface area contributed by atoms with Crippen LogP contribution in [0, 0.1) is 5.92 Å². The van der Waals surface area contributed by atoms with Gasteiger partial charge in [-0.15, -0.1) is 0 Å². The molecule has 0 aliphatic rings. The van der Waals surface area contributed by atoms with Crippen molar-refractivity contribution in [3.05, 3.63) is 23.9 Å². The van der Waals surface area contributed by atoms with Crippen molar-refractivity contribution >= 4 is 11.8 Å². The standard InChI is InChI=1S/C14H23N3O2/c1-5-19-13(18)11-6-7-12(16-8-11)17-14(4,9-15)10(2)3/h6-8,10H,5,9,15H2,1-4H3,(H,16,17). The number of carbonyl (C=O) groups is 1. The van der Waals surface area contributed by atoms with Gasteiger partial charge in [0.25, 0.3) is 0 Å². The smallest absolute Gasteiger partial charge is 0.339 e. The van der Waals surface area contributed by atoms with E-state index in [0.717, 1.165) is 0 Å². The molecule has 1 unspecified atom stereocenters. The lowest BCUT2D eigenvalue weighted by atomic mass is 9.88. The topological polar surface area (TPSA) is 77.2 Å². The van der Waals surface area contributed by atoms with E-state index in [4.69, 9.17) is 10.5 Å². The molecule has 0 aromatic carbocycles. The van der Waals surface area contributed by atoms with Crippen molar-refractivity contribution in [1.29, 1.82) is 0 Å². The highest BCUT2D eigenvalue weighted by Gasteiger charge is 2.26. The Morgan fingerprint density at radius 3 is 2.63 bits per heavy atom. The first kappa shape index (κ1) is 15.4. The summed E-state index contributed by atoms with van der Waals surface area (Å²) < 4.78 is 4.91. The molecule has 3 N–H and O–H groups in total. The minimum absolute atomic E-state index is 0.224. The molecule has 0 radical (unpaired) electrons. The summed E-state index contributed by atoms with van der Waals surface area (Å²) in [4.78, 5) is 15.7. The van der Waals surface area contributed by atoms with Crippen molar-refractivity contribution in [2.24, 2.45) is 11.7 Å². The number of nitrogens with one attached hydrogen (secondary N) is 1. The number of rotatable bonds is 6. The molecule has 0 saturated carbocycles. The average Bonchev–Trinajstić information content (AvgIpc) is 2.39. The first-order valence-electron chi connectivity index (χ1n) is 6.54. The number of ether oxygens (including phenoxy) is 1. The lowest BCUT2D eigenvalue weighted by Crippen LogP contribution is -2.47. The van der Waals surface area contributed by atoms with Gasteiger partial charge in [0.1, 0.15) is 5.82 Å². The Morgan fingerprint density at radius 1 is 1.53 bits per heavy atom. The normalized spacial score (nSPS) is 14.0. The van der Waals surface area contributed by atoms with Gasteiger partial charge < -0.3 is 15.8 Å². The van der Waals surface area contributed by atoms with Crippen molar-refractivity contribution in [2.45, 2.75) is 33.2 Å². The molecule has 1 aromatic rings. The molecule has 1 rings (SSSR count). The third-order valence-corrected chi connectivity index (χ3v) is 3.39. The summed E-state index contributed by atoms with van der Waals surface area (Å²) in [5.74, 6) is 0.714. The summed E-state index contributed by atoms with van der Waals surface area (Å²) in [7, 11) is 0. The van der Waals surface area contributed by atoms with Crippen LogP contribution < -0.4 is 11.1 Å². The van der Waals surface area contributed by atoms with Crippen LogP contribution in [0.3, 0.4) is 0 Å². The number of hydrogen-bond donors (Lipinski definition) is 2. The van der Waals surface area contributed by atoms with Crippen LogP contribution in [0.5, 0.6) is 0 Å². The van der Waals surface area contributed by atoms with E-state index in [1.54, 1.807) is 19.1 Å². The quantitative estimate of drug-likeness (QED) is 0.770. The summed E-state index contributed by atoms with van der Waals surface area (Å²) in [5, 5.41) is 3.31. The Hall–Kier alpha value is -1.62. The molecule has 0 saturated heterocycles. The van der Waals surface area contributed by atoms with E-state index in [0.29, 0.717) is 30.5 Å². The maximum absolute atomic E-state index is 11.5. The number of esters is 1. The summed E-state index contributed by atoms with van der Waals surface area (Å²) >= 11 is 0. The number of nitrogens with two attached hydrogens (primary N) is 1. The molecule has 1 heterocycles. The molecule has 0 spiro atoms. The zero-order chi connectivity index (χ0) is 14.5. The molecule has 19 heavy (non-hydrogen) atoms. The maximum Gasteiger partial charge on any atom is 0.339 e. The van der Waals surface area contributed by atoms with Gasteiger partial charge in [-0.05, 0) is 31.9 Å². The van der Waals surface area contributed by atoms with Crippen molar-refractivity contribution < 1.29 is 9.53 Å². The van der Waals surface area contributed by atoms with Crippen molar-refractivity contribution in [3.63, 3.8) is 0 Å². The van der Waals surface area contributed by atoms with Gasteiger partial charge in [-0.25, -0.2) is 9.78 Å². The number of nitrogens with zero attached hydrogens (tertiary/aromatic N) is 1. The molecular formula is C14H23N3O2. The van der Waals surface area contributed by atoms with Crippen LogP contribution in [0.25, 0.3) is 0 Å². The maximum atomic E-state index is 11.5. The monoisotopic (exact) mass is 265 g/mol. The van der Waals surface area contributed by atoms with Gasteiger partial charge in [-0.3, -0.25) is 0 Å². The first-order valence-corrected chi connectivity index (χ1v) is 6.54. The lowest BCUT2D eigenvalue weighted by molar-refractivity contribution is 0.0526. The number of anilines is 1. The largest absolute Gasteiger partial charge is 0.462 e. The molecule has 0 aliphatic carbocycles. The summed E-state index contributed by atoms with van der Waals surface area (Å²) in [6.07, 6.45) is 1.51. The molecule has 0 fully saturated rings. The predicted molar refractivity (Wildman–Crippen MR) is 76.1 cm³/mol. The summed E-state index contributed by atoms with van der Waals surface area (Å²) in [5.41, 5.74) is 6.04. The third kappa shape index (κ3) is 3.92. The molecule has 5 nitrogen and oxygen atoms in total. The van der Waals surface area contributed by atoms with Crippen LogP contribution in [0.2, 0.25) is 0 Å². The van der Waals surface area contributed by atoms with E-state index in [1.807, 2.05) is 0 Å². The Labute approximate surface area is 114 Å². The van der Waals surface area contributed by atoms with E-state index >= 15 is 0 Å². The molecular weight excluding hydrogens is 242 g/mol. The molecule has 1 atom stereocenters. The van der Waals surface area contributed by atoms with E-state index < -0.39 is 0 Å². The van der Waals surface area contributed by atoms with Crippen molar-refractivity contribution in [2.75, 3.05) is 18.5 Å². The highest BCUT2D eigenvalue weighted by Crippen LogP contribution is 2.20. The van der Waals surface area contributed by atoms with E-state index in [2.05, 4.69) is 31.1 Å². The second-order valence-electron chi connectivity index (χ2n) is 5.05. The fourth-order valence-electron chi connectivity index (χ4n) is 1.53. The highest BCUT2D eigenvalue weighted by atomic mass is 16.5. The number of hydrogen-bond acceptors (Lipinski definition) is 5. The second kappa shape index (κ2) is 6.52. The zero-order valence-corrected chi connectivity index (χ0v) is 12.1. The fourth-order valence-corrected chi connectivity index (χ4v) is 1.53. The Morgan fingerprint density at radius 2 is 2.21 bits per heavy atom. The summed E-state index contributed by atoms with van der Waals surface area (Å²) in [6.45, 7) is 8.90. The minimum Gasteiger partial charge on any atom is -0.462 e. The van der Waals surface area contributed by atoms with Gasteiger partial charge in [-0.1, -0.05) is 13.8 Å². The highest BCUT2D eigenvalue weighted by molar-refractivity contribution is 5.89.